The van der Waals surface area contributed by atoms with Gasteiger partial charge in [-0.1, -0.05) is 26.3 Å². The fraction of sp³-hybridized carbons (Fsp3) is 0.647. The summed E-state index contributed by atoms with van der Waals surface area (Å²) in [6.07, 6.45) is 2.11. The van der Waals surface area contributed by atoms with Crippen LogP contribution in [0.25, 0.3) is 0 Å². The van der Waals surface area contributed by atoms with Crippen LogP contribution < -0.4 is 15.2 Å². The zero-order valence-electron chi connectivity index (χ0n) is 13.5. The number of benzene rings is 1. The van der Waals surface area contributed by atoms with Crippen LogP contribution in [-0.2, 0) is 0 Å². The molecule has 2 N–H and O–H groups in total. The van der Waals surface area contributed by atoms with Crippen LogP contribution in [0.15, 0.2) is 18.2 Å². The molecule has 0 aromatic heterocycles. The first kappa shape index (κ1) is 16.1. The number of rotatable bonds is 6. The summed E-state index contributed by atoms with van der Waals surface area (Å²) in [5, 5.41) is 0. The van der Waals surface area contributed by atoms with E-state index in [1.165, 1.54) is 12.0 Å². The number of nitrogens with zero attached hydrogens (tertiary/aromatic N) is 1. The first-order valence-electron chi connectivity index (χ1n) is 7.95. The Bertz CT molecular complexity index is 450. The van der Waals surface area contributed by atoms with Gasteiger partial charge in [-0.05, 0) is 30.7 Å². The van der Waals surface area contributed by atoms with E-state index in [9.17, 15) is 0 Å². The van der Waals surface area contributed by atoms with Gasteiger partial charge in [0.1, 0.15) is 0 Å². The minimum absolute atomic E-state index is 0.219. The van der Waals surface area contributed by atoms with Gasteiger partial charge in [-0.15, -0.1) is 0 Å². The van der Waals surface area contributed by atoms with Gasteiger partial charge in [-0.25, -0.2) is 0 Å². The molecular weight excluding hydrogens is 264 g/mol. The molecule has 0 fully saturated rings. The maximum Gasteiger partial charge on any atom is 0.161 e. The molecule has 118 valence electrons. The van der Waals surface area contributed by atoms with E-state index in [1.807, 2.05) is 6.07 Å². The molecule has 1 aromatic rings. The molecule has 1 aliphatic heterocycles. The zero-order valence-corrected chi connectivity index (χ0v) is 13.5. The van der Waals surface area contributed by atoms with E-state index in [2.05, 4.69) is 37.9 Å². The van der Waals surface area contributed by atoms with Gasteiger partial charge in [0.15, 0.2) is 11.5 Å². The first-order valence-corrected chi connectivity index (χ1v) is 7.95. The zero-order chi connectivity index (χ0) is 15.2. The van der Waals surface area contributed by atoms with Gasteiger partial charge in [-0.3, -0.25) is 4.90 Å². The fourth-order valence-corrected chi connectivity index (χ4v) is 2.71. The molecule has 0 radical (unpaired) electrons. The predicted octanol–water partition coefficient (Wildman–Crippen LogP) is 2.83. The minimum Gasteiger partial charge on any atom is -0.490 e. The monoisotopic (exact) mass is 292 g/mol. The average Bonchev–Trinajstić information content (AvgIpc) is 2.72. The normalized spacial score (nSPS) is 17.4. The second kappa shape index (κ2) is 7.66. The Balaban J connectivity index is 2.16. The van der Waals surface area contributed by atoms with Gasteiger partial charge in [0.05, 0.1) is 13.2 Å². The Labute approximate surface area is 128 Å². The minimum atomic E-state index is 0.219. The average molecular weight is 292 g/mol. The molecule has 0 saturated carbocycles. The number of fused-ring (bicyclic) bond motifs is 1. The van der Waals surface area contributed by atoms with Crippen LogP contribution in [0.5, 0.6) is 11.5 Å². The van der Waals surface area contributed by atoms with Gasteiger partial charge >= 0.3 is 0 Å². The van der Waals surface area contributed by atoms with E-state index in [0.717, 1.165) is 31.1 Å². The smallest absolute Gasteiger partial charge is 0.161 e. The summed E-state index contributed by atoms with van der Waals surface area (Å²) in [4.78, 5) is 2.34. The highest BCUT2D eigenvalue weighted by molar-refractivity contribution is 5.44. The summed E-state index contributed by atoms with van der Waals surface area (Å²) in [6, 6.07) is 6.43. The van der Waals surface area contributed by atoms with Crippen molar-refractivity contribution in [2.24, 2.45) is 11.7 Å². The molecule has 4 nitrogen and oxygen atoms in total. The van der Waals surface area contributed by atoms with Crippen molar-refractivity contribution in [3.63, 3.8) is 0 Å². The van der Waals surface area contributed by atoms with E-state index >= 15 is 0 Å². The van der Waals surface area contributed by atoms with Crippen molar-refractivity contribution in [2.45, 2.75) is 32.7 Å². The molecule has 1 aromatic carbocycles. The van der Waals surface area contributed by atoms with Crippen LogP contribution >= 0.6 is 0 Å². The quantitative estimate of drug-likeness (QED) is 0.876. The van der Waals surface area contributed by atoms with Gasteiger partial charge in [0.2, 0.25) is 0 Å². The van der Waals surface area contributed by atoms with E-state index in [-0.39, 0.29) is 6.04 Å². The molecule has 2 atom stereocenters. The van der Waals surface area contributed by atoms with Gasteiger partial charge < -0.3 is 15.2 Å². The Morgan fingerprint density at radius 2 is 1.95 bits per heavy atom. The lowest BCUT2D eigenvalue weighted by Crippen LogP contribution is -2.33. The summed E-state index contributed by atoms with van der Waals surface area (Å²) >= 11 is 0. The van der Waals surface area contributed by atoms with Gasteiger partial charge in [-0.2, -0.15) is 0 Å². The fourth-order valence-electron chi connectivity index (χ4n) is 2.71. The molecular formula is C17H28N2O2. The van der Waals surface area contributed by atoms with E-state index in [4.69, 9.17) is 15.2 Å². The number of hydrogen-bond acceptors (Lipinski definition) is 4. The van der Waals surface area contributed by atoms with E-state index < -0.39 is 0 Å². The lowest BCUT2D eigenvalue weighted by molar-refractivity contribution is 0.214. The van der Waals surface area contributed by atoms with Crippen LogP contribution in [0.3, 0.4) is 0 Å². The highest BCUT2D eigenvalue weighted by Gasteiger charge is 2.19. The molecule has 0 saturated heterocycles. The van der Waals surface area contributed by atoms with Crippen molar-refractivity contribution in [1.82, 2.24) is 4.90 Å². The van der Waals surface area contributed by atoms with Crippen molar-refractivity contribution >= 4 is 0 Å². The number of nitrogens with two attached hydrogens (primary N) is 1. The molecule has 0 spiro atoms. The van der Waals surface area contributed by atoms with E-state index in [1.54, 1.807) is 0 Å². The Hall–Kier alpha value is -1.26. The Morgan fingerprint density at radius 3 is 2.62 bits per heavy atom. The summed E-state index contributed by atoms with van der Waals surface area (Å²) in [5.74, 6) is 2.36. The predicted molar refractivity (Wildman–Crippen MR) is 85.9 cm³/mol. The molecule has 0 amide bonds. The molecule has 0 bridgehead atoms. The maximum atomic E-state index is 6.02. The van der Waals surface area contributed by atoms with Crippen molar-refractivity contribution in [3.8, 4) is 11.5 Å². The summed E-state index contributed by atoms with van der Waals surface area (Å²) < 4.78 is 11.5. The van der Waals surface area contributed by atoms with E-state index in [0.29, 0.717) is 19.1 Å². The summed E-state index contributed by atoms with van der Waals surface area (Å²) in [7, 11) is 2.15. The number of ether oxygens (including phenoxy) is 2. The molecule has 21 heavy (non-hydrogen) atoms. The highest BCUT2D eigenvalue weighted by atomic mass is 16.5. The van der Waals surface area contributed by atoms with Crippen LogP contribution in [0, 0.1) is 5.92 Å². The second-order valence-electron chi connectivity index (χ2n) is 5.96. The maximum absolute atomic E-state index is 6.02. The molecule has 0 aliphatic carbocycles. The van der Waals surface area contributed by atoms with Crippen LogP contribution in [0.4, 0.5) is 0 Å². The number of hydrogen-bond donors (Lipinski definition) is 1. The lowest BCUT2D eigenvalue weighted by Gasteiger charge is -2.29. The first-order chi connectivity index (χ1) is 10.2. The molecule has 1 aliphatic rings. The summed E-state index contributed by atoms with van der Waals surface area (Å²) in [6.45, 7) is 7.59. The SMILES string of the molecule is CCC(C)CN(C)C(CN)c1ccc2c(c1)OCCCO2. The third kappa shape index (κ3) is 4.11. The molecule has 1 heterocycles. The van der Waals surface area contributed by atoms with Crippen molar-refractivity contribution in [3.05, 3.63) is 23.8 Å². The lowest BCUT2D eigenvalue weighted by atomic mass is 10.0. The largest absolute Gasteiger partial charge is 0.490 e. The van der Waals surface area contributed by atoms with Crippen molar-refractivity contribution in [2.75, 3.05) is 33.4 Å². The third-order valence-electron chi connectivity index (χ3n) is 4.21. The number of likely N-dealkylation sites (N-methyl/N-ethyl adjacent to an activating group) is 1. The standard InChI is InChI=1S/C17H28N2O2/c1-4-13(2)12-19(3)15(11-18)14-6-7-16-17(10-14)21-9-5-8-20-16/h6-7,10,13,15H,4-5,8-9,11-12,18H2,1-3H3. The van der Waals surface area contributed by atoms with Crippen LogP contribution in [0.1, 0.15) is 38.3 Å². The molecule has 4 heteroatoms. The second-order valence-corrected chi connectivity index (χ2v) is 5.96. The van der Waals surface area contributed by atoms with Crippen LogP contribution in [0.2, 0.25) is 0 Å². The summed E-state index contributed by atoms with van der Waals surface area (Å²) in [5.41, 5.74) is 7.22. The van der Waals surface area contributed by atoms with Crippen molar-refractivity contribution < 1.29 is 9.47 Å². The molecule has 2 unspecified atom stereocenters. The van der Waals surface area contributed by atoms with Crippen molar-refractivity contribution in [1.29, 1.82) is 0 Å². The Kier molecular flexibility index (Phi) is 5.88. The van der Waals surface area contributed by atoms with Gasteiger partial charge in [0.25, 0.3) is 0 Å². The van der Waals surface area contributed by atoms with Gasteiger partial charge in [0, 0.05) is 25.6 Å². The topological polar surface area (TPSA) is 47.7 Å². The third-order valence-corrected chi connectivity index (χ3v) is 4.21. The molecule has 2 rings (SSSR count). The van der Waals surface area contributed by atoms with Crippen LogP contribution in [-0.4, -0.2) is 38.3 Å². The highest BCUT2D eigenvalue weighted by Crippen LogP contribution is 2.33. The Morgan fingerprint density at radius 1 is 1.24 bits per heavy atom.